The third-order valence-corrected chi connectivity index (χ3v) is 5.89. The molecule has 148 valence electrons. The highest BCUT2D eigenvalue weighted by atomic mass is 35.5. The Hall–Kier alpha value is -2.04. The van der Waals surface area contributed by atoms with Crippen LogP contribution in [0.2, 0.25) is 10.0 Å². The van der Waals surface area contributed by atoms with Gasteiger partial charge in [0.05, 0.1) is 21.2 Å². The Morgan fingerprint density at radius 3 is 1.64 bits per heavy atom. The minimum Gasteiger partial charge on any atom is -0.352 e. The Morgan fingerprint density at radius 1 is 0.786 bits per heavy atom. The van der Waals surface area contributed by atoms with Gasteiger partial charge in [0.1, 0.15) is 0 Å². The maximum atomic E-state index is 12.3. The number of rotatable bonds is 6. The zero-order valence-electron chi connectivity index (χ0n) is 15.6. The lowest BCUT2D eigenvalue weighted by atomic mass is 9.81. The van der Waals surface area contributed by atoms with Crippen LogP contribution in [0.3, 0.4) is 0 Å². The van der Waals surface area contributed by atoms with E-state index in [1.54, 1.807) is 36.4 Å². The highest BCUT2D eigenvalue weighted by Gasteiger charge is 2.23. The van der Waals surface area contributed by atoms with E-state index in [0.29, 0.717) is 46.1 Å². The van der Waals surface area contributed by atoms with Crippen molar-refractivity contribution in [1.29, 1.82) is 0 Å². The van der Waals surface area contributed by atoms with Crippen molar-refractivity contribution >= 4 is 35.0 Å². The molecule has 3 rings (SSSR count). The lowest BCUT2D eigenvalue weighted by Crippen LogP contribution is -2.35. The second-order valence-electron chi connectivity index (χ2n) is 7.28. The maximum absolute atomic E-state index is 12.3. The van der Waals surface area contributed by atoms with Gasteiger partial charge < -0.3 is 10.6 Å². The molecule has 2 atom stereocenters. The van der Waals surface area contributed by atoms with Crippen molar-refractivity contribution in [2.24, 2.45) is 11.8 Å². The van der Waals surface area contributed by atoms with Crippen LogP contribution in [-0.2, 0) is 0 Å². The molecule has 0 spiro atoms. The van der Waals surface area contributed by atoms with Crippen LogP contribution in [0.15, 0.2) is 48.5 Å². The minimum atomic E-state index is -0.139. The van der Waals surface area contributed by atoms with Gasteiger partial charge in [-0.3, -0.25) is 9.59 Å². The van der Waals surface area contributed by atoms with E-state index in [-0.39, 0.29) is 11.8 Å². The molecule has 0 aliphatic heterocycles. The minimum absolute atomic E-state index is 0.139. The number of nitrogens with one attached hydrogen (secondary N) is 2. The fourth-order valence-corrected chi connectivity index (χ4v) is 4.17. The number of carbonyl (C=O) groups is 2. The molecule has 2 unspecified atom stereocenters. The standard InChI is InChI=1S/C22H24Cl2N2O2/c23-19-10-3-1-8-17(19)21(27)25-13-15-6-5-7-16(12-15)14-26-22(28)18-9-2-4-11-20(18)24/h1-4,8-11,15-16H,5-7,12-14H2,(H,25,27)(H,26,28). The van der Waals surface area contributed by atoms with Gasteiger partial charge in [0.15, 0.2) is 0 Å². The molecule has 2 N–H and O–H groups in total. The molecule has 1 fully saturated rings. The first-order valence-corrected chi connectivity index (χ1v) is 10.4. The molecule has 0 aromatic heterocycles. The van der Waals surface area contributed by atoms with Gasteiger partial charge >= 0.3 is 0 Å². The summed E-state index contributed by atoms with van der Waals surface area (Å²) < 4.78 is 0. The van der Waals surface area contributed by atoms with E-state index >= 15 is 0 Å². The van der Waals surface area contributed by atoms with E-state index in [2.05, 4.69) is 10.6 Å². The van der Waals surface area contributed by atoms with Crippen LogP contribution >= 0.6 is 23.2 Å². The summed E-state index contributed by atoms with van der Waals surface area (Å²) in [6.45, 7) is 1.25. The van der Waals surface area contributed by atoms with Crippen LogP contribution in [0, 0.1) is 11.8 Å². The van der Waals surface area contributed by atoms with Crippen molar-refractivity contribution in [3.63, 3.8) is 0 Å². The predicted octanol–water partition coefficient (Wildman–Crippen LogP) is 4.96. The van der Waals surface area contributed by atoms with Gasteiger partial charge in [-0.2, -0.15) is 0 Å². The summed E-state index contributed by atoms with van der Waals surface area (Å²) in [5.74, 6) is 0.532. The van der Waals surface area contributed by atoms with Crippen LogP contribution in [-0.4, -0.2) is 24.9 Å². The van der Waals surface area contributed by atoms with Gasteiger partial charge in [-0.05, 0) is 55.4 Å². The smallest absolute Gasteiger partial charge is 0.252 e. The molecule has 28 heavy (non-hydrogen) atoms. The average Bonchev–Trinajstić information content (AvgIpc) is 2.71. The van der Waals surface area contributed by atoms with Gasteiger partial charge in [-0.15, -0.1) is 0 Å². The quantitative estimate of drug-likeness (QED) is 0.696. The second-order valence-corrected chi connectivity index (χ2v) is 8.09. The van der Waals surface area contributed by atoms with Crippen LogP contribution in [0.5, 0.6) is 0 Å². The fourth-order valence-electron chi connectivity index (χ4n) is 3.73. The Morgan fingerprint density at radius 2 is 1.21 bits per heavy atom. The first-order chi connectivity index (χ1) is 13.5. The maximum Gasteiger partial charge on any atom is 0.252 e. The second kappa shape index (κ2) is 9.94. The molecule has 2 aromatic rings. The van der Waals surface area contributed by atoms with Gasteiger partial charge in [0.25, 0.3) is 11.8 Å². The van der Waals surface area contributed by atoms with E-state index in [1.165, 1.54) is 0 Å². The van der Waals surface area contributed by atoms with E-state index in [0.717, 1.165) is 25.7 Å². The van der Waals surface area contributed by atoms with Crippen molar-refractivity contribution < 1.29 is 9.59 Å². The summed E-state index contributed by atoms with van der Waals surface area (Å²) in [5.41, 5.74) is 1.01. The largest absolute Gasteiger partial charge is 0.352 e. The van der Waals surface area contributed by atoms with Gasteiger partial charge in [0, 0.05) is 13.1 Å². The lowest BCUT2D eigenvalue weighted by molar-refractivity contribution is 0.0935. The molecule has 2 aromatic carbocycles. The first-order valence-electron chi connectivity index (χ1n) is 9.60. The van der Waals surface area contributed by atoms with Crippen molar-refractivity contribution in [2.45, 2.75) is 25.7 Å². The molecule has 1 saturated carbocycles. The summed E-state index contributed by atoms with van der Waals surface area (Å²) in [6, 6.07) is 14.1. The SMILES string of the molecule is O=C(NCC1CCCC(CNC(=O)c2ccccc2Cl)C1)c1ccccc1Cl. The first kappa shape index (κ1) is 20.7. The molecule has 1 aliphatic rings. The number of benzene rings is 2. The number of amides is 2. The molecule has 2 amide bonds. The number of hydrogen-bond acceptors (Lipinski definition) is 2. The Labute approximate surface area is 175 Å². The zero-order chi connectivity index (χ0) is 19.9. The zero-order valence-corrected chi connectivity index (χ0v) is 17.1. The molecule has 1 aliphatic carbocycles. The average molecular weight is 419 g/mol. The Bertz CT molecular complexity index is 773. The van der Waals surface area contributed by atoms with Gasteiger partial charge in [-0.1, -0.05) is 53.9 Å². The van der Waals surface area contributed by atoms with Crippen LogP contribution in [0.1, 0.15) is 46.4 Å². The van der Waals surface area contributed by atoms with Crippen molar-refractivity contribution in [3.8, 4) is 0 Å². The Kier molecular flexibility index (Phi) is 7.35. The summed E-state index contributed by atoms with van der Waals surface area (Å²) in [6.07, 6.45) is 4.24. The molecule has 0 saturated heterocycles. The molecule has 0 radical (unpaired) electrons. The summed E-state index contributed by atoms with van der Waals surface area (Å²) >= 11 is 12.2. The number of carbonyl (C=O) groups excluding carboxylic acids is 2. The normalized spacial score (nSPS) is 19.1. The fraction of sp³-hybridized carbons (Fsp3) is 0.364. The van der Waals surface area contributed by atoms with Crippen molar-refractivity contribution in [3.05, 3.63) is 69.7 Å². The third kappa shape index (κ3) is 5.49. The molecule has 4 nitrogen and oxygen atoms in total. The van der Waals surface area contributed by atoms with Crippen molar-refractivity contribution in [2.75, 3.05) is 13.1 Å². The lowest BCUT2D eigenvalue weighted by Gasteiger charge is -2.29. The summed E-state index contributed by atoms with van der Waals surface area (Å²) in [4.78, 5) is 24.7. The highest BCUT2D eigenvalue weighted by Crippen LogP contribution is 2.28. The highest BCUT2D eigenvalue weighted by molar-refractivity contribution is 6.34. The van der Waals surface area contributed by atoms with Crippen molar-refractivity contribution in [1.82, 2.24) is 10.6 Å². The monoisotopic (exact) mass is 418 g/mol. The molecular formula is C22H24Cl2N2O2. The van der Waals surface area contributed by atoms with Crippen LogP contribution < -0.4 is 10.6 Å². The Balaban J connectivity index is 1.46. The number of hydrogen-bond donors (Lipinski definition) is 2. The molecule has 0 heterocycles. The topological polar surface area (TPSA) is 58.2 Å². The van der Waals surface area contributed by atoms with Gasteiger partial charge in [-0.25, -0.2) is 0 Å². The van der Waals surface area contributed by atoms with Crippen LogP contribution in [0.4, 0.5) is 0 Å². The summed E-state index contributed by atoms with van der Waals surface area (Å²) in [7, 11) is 0. The summed E-state index contributed by atoms with van der Waals surface area (Å²) in [5, 5.41) is 6.92. The molecular weight excluding hydrogens is 395 g/mol. The van der Waals surface area contributed by atoms with E-state index in [1.807, 2.05) is 12.1 Å². The predicted molar refractivity (Wildman–Crippen MR) is 113 cm³/mol. The number of halogens is 2. The van der Waals surface area contributed by atoms with E-state index < -0.39 is 0 Å². The van der Waals surface area contributed by atoms with E-state index in [9.17, 15) is 9.59 Å². The third-order valence-electron chi connectivity index (χ3n) is 5.23. The molecule has 0 bridgehead atoms. The van der Waals surface area contributed by atoms with Crippen LogP contribution in [0.25, 0.3) is 0 Å². The van der Waals surface area contributed by atoms with E-state index in [4.69, 9.17) is 23.2 Å². The van der Waals surface area contributed by atoms with Gasteiger partial charge in [0.2, 0.25) is 0 Å². The molecule has 6 heteroatoms.